The summed E-state index contributed by atoms with van der Waals surface area (Å²) in [4.78, 5) is 11.2. The zero-order valence-corrected chi connectivity index (χ0v) is 8.39. The van der Waals surface area contributed by atoms with E-state index < -0.39 is 5.82 Å². The third kappa shape index (κ3) is 2.82. The maximum absolute atomic E-state index is 13.1. The van der Waals surface area contributed by atoms with Gasteiger partial charge in [0, 0.05) is 17.3 Å². The van der Waals surface area contributed by atoms with E-state index in [9.17, 15) is 9.18 Å². The third-order valence-corrected chi connectivity index (χ3v) is 2.85. The second-order valence-corrected chi connectivity index (χ2v) is 3.83. The van der Waals surface area contributed by atoms with E-state index in [4.69, 9.17) is 5.11 Å². The van der Waals surface area contributed by atoms with Gasteiger partial charge in [-0.2, -0.15) is 0 Å². The zero-order valence-electron chi connectivity index (χ0n) is 7.57. The normalized spacial score (nSPS) is 10.1. The van der Waals surface area contributed by atoms with E-state index in [2.05, 4.69) is 0 Å². The van der Waals surface area contributed by atoms with Crippen molar-refractivity contribution in [2.24, 2.45) is 0 Å². The van der Waals surface area contributed by atoms with Gasteiger partial charge in [-0.05, 0) is 18.6 Å². The van der Waals surface area contributed by atoms with Crippen LogP contribution in [0.5, 0.6) is 0 Å². The highest BCUT2D eigenvalue weighted by molar-refractivity contribution is 7.99. The summed E-state index contributed by atoms with van der Waals surface area (Å²) >= 11 is 1.38. The Morgan fingerprint density at radius 2 is 2.29 bits per heavy atom. The molecule has 0 aliphatic carbocycles. The molecule has 2 nitrogen and oxygen atoms in total. The van der Waals surface area contributed by atoms with Crippen molar-refractivity contribution in [3.8, 4) is 0 Å². The van der Waals surface area contributed by atoms with Gasteiger partial charge in [-0.15, -0.1) is 11.8 Å². The summed E-state index contributed by atoms with van der Waals surface area (Å²) in [5, 5.41) is 8.57. The summed E-state index contributed by atoms with van der Waals surface area (Å²) in [6, 6.07) is 4.54. The third-order valence-electron chi connectivity index (χ3n) is 1.69. The summed E-state index contributed by atoms with van der Waals surface area (Å²) in [6.07, 6.45) is 1.16. The van der Waals surface area contributed by atoms with Crippen molar-refractivity contribution in [2.75, 3.05) is 12.4 Å². The Labute approximate surface area is 86.1 Å². The van der Waals surface area contributed by atoms with Crippen LogP contribution in [0.15, 0.2) is 23.1 Å². The van der Waals surface area contributed by atoms with Crippen LogP contribution in [0.25, 0.3) is 0 Å². The van der Waals surface area contributed by atoms with Crippen molar-refractivity contribution in [1.29, 1.82) is 0 Å². The van der Waals surface area contributed by atoms with Gasteiger partial charge in [0.1, 0.15) is 5.82 Å². The largest absolute Gasteiger partial charge is 0.396 e. The fourth-order valence-electron chi connectivity index (χ4n) is 1.00. The number of aliphatic hydroxyl groups excluding tert-OH is 1. The molecular formula is C10H11FO2S. The van der Waals surface area contributed by atoms with Crippen molar-refractivity contribution in [2.45, 2.75) is 11.3 Å². The van der Waals surface area contributed by atoms with Crippen molar-refractivity contribution in [1.82, 2.24) is 0 Å². The van der Waals surface area contributed by atoms with E-state index in [0.717, 1.165) is 0 Å². The zero-order chi connectivity index (χ0) is 10.4. The van der Waals surface area contributed by atoms with E-state index in [1.165, 1.54) is 17.8 Å². The number of halogens is 1. The van der Waals surface area contributed by atoms with E-state index >= 15 is 0 Å². The van der Waals surface area contributed by atoms with E-state index in [1.807, 2.05) is 0 Å². The van der Waals surface area contributed by atoms with Crippen LogP contribution in [0.1, 0.15) is 16.8 Å². The molecule has 0 aliphatic rings. The molecule has 0 aliphatic heterocycles. The summed E-state index contributed by atoms with van der Waals surface area (Å²) < 4.78 is 13.1. The smallest absolute Gasteiger partial charge is 0.154 e. The molecule has 0 aromatic heterocycles. The first-order valence-corrected chi connectivity index (χ1v) is 5.25. The maximum atomic E-state index is 13.1. The number of aldehydes is 1. The lowest BCUT2D eigenvalue weighted by Crippen LogP contribution is -1.92. The van der Waals surface area contributed by atoms with Crippen LogP contribution in [0, 0.1) is 5.82 Å². The SMILES string of the molecule is O=Cc1c(F)cccc1SCCCO. The van der Waals surface area contributed by atoms with Crippen LogP contribution in [0.3, 0.4) is 0 Å². The summed E-state index contributed by atoms with van der Waals surface area (Å²) in [5.41, 5.74) is 0.107. The second kappa shape index (κ2) is 5.78. The minimum Gasteiger partial charge on any atom is -0.396 e. The number of carbonyl (C=O) groups excluding carboxylic acids is 1. The first kappa shape index (κ1) is 11.2. The highest BCUT2D eigenvalue weighted by Crippen LogP contribution is 2.23. The number of aliphatic hydroxyl groups is 1. The van der Waals surface area contributed by atoms with E-state index in [0.29, 0.717) is 23.4 Å². The van der Waals surface area contributed by atoms with E-state index in [-0.39, 0.29) is 12.2 Å². The molecule has 0 amide bonds. The molecule has 14 heavy (non-hydrogen) atoms. The van der Waals surface area contributed by atoms with Crippen molar-refractivity contribution >= 4 is 18.0 Å². The predicted molar refractivity (Wildman–Crippen MR) is 54.2 cm³/mol. The molecule has 0 saturated heterocycles. The minimum absolute atomic E-state index is 0.107. The molecule has 1 aromatic carbocycles. The Morgan fingerprint density at radius 3 is 2.93 bits per heavy atom. The average molecular weight is 214 g/mol. The van der Waals surface area contributed by atoms with Crippen molar-refractivity contribution < 1.29 is 14.3 Å². The first-order chi connectivity index (χ1) is 6.79. The Morgan fingerprint density at radius 1 is 1.50 bits per heavy atom. The highest BCUT2D eigenvalue weighted by atomic mass is 32.2. The van der Waals surface area contributed by atoms with Gasteiger partial charge in [0.15, 0.2) is 6.29 Å². The Kier molecular flexibility index (Phi) is 4.62. The molecule has 0 heterocycles. The second-order valence-electron chi connectivity index (χ2n) is 2.70. The molecule has 0 radical (unpaired) electrons. The number of carbonyl (C=O) groups is 1. The van der Waals surface area contributed by atoms with Gasteiger partial charge in [-0.1, -0.05) is 6.07 Å². The molecule has 0 atom stereocenters. The number of hydrogen-bond acceptors (Lipinski definition) is 3. The van der Waals surface area contributed by atoms with Crippen molar-refractivity contribution in [3.05, 3.63) is 29.6 Å². The fraction of sp³-hybridized carbons (Fsp3) is 0.300. The summed E-state index contributed by atoms with van der Waals surface area (Å²) in [5.74, 6) is 0.190. The minimum atomic E-state index is -0.492. The predicted octanol–water partition coefficient (Wildman–Crippen LogP) is 2.11. The number of rotatable bonds is 5. The molecule has 1 aromatic rings. The summed E-state index contributed by atoms with van der Waals surface area (Å²) in [7, 11) is 0. The van der Waals surface area contributed by atoms with Crippen LogP contribution in [-0.2, 0) is 0 Å². The van der Waals surface area contributed by atoms with Crippen LogP contribution in [-0.4, -0.2) is 23.8 Å². The Balaban J connectivity index is 2.75. The van der Waals surface area contributed by atoms with Crippen LogP contribution in [0.4, 0.5) is 4.39 Å². The summed E-state index contributed by atoms with van der Waals surface area (Å²) in [6.45, 7) is 0.110. The van der Waals surface area contributed by atoms with Gasteiger partial charge in [0.25, 0.3) is 0 Å². The van der Waals surface area contributed by atoms with Gasteiger partial charge in [0.2, 0.25) is 0 Å². The van der Waals surface area contributed by atoms with Gasteiger partial charge in [-0.25, -0.2) is 4.39 Å². The molecule has 0 saturated carbocycles. The topological polar surface area (TPSA) is 37.3 Å². The number of hydrogen-bond donors (Lipinski definition) is 1. The lowest BCUT2D eigenvalue weighted by atomic mass is 10.2. The molecule has 0 spiro atoms. The standard InChI is InChI=1S/C10H11FO2S/c11-9-3-1-4-10(8(9)7-13)14-6-2-5-12/h1,3-4,7,12H,2,5-6H2. The molecule has 0 fully saturated rings. The van der Waals surface area contributed by atoms with Crippen LogP contribution in [0.2, 0.25) is 0 Å². The van der Waals surface area contributed by atoms with Gasteiger partial charge in [-0.3, -0.25) is 4.79 Å². The molecule has 76 valence electrons. The first-order valence-electron chi connectivity index (χ1n) is 4.27. The van der Waals surface area contributed by atoms with Crippen molar-refractivity contribution in [3.63, 3.8) is 0 Å². The quantitative estimate of drug-likeness (QED) is 0.463. The maximum Gasteiger partial charge on any atom is 0.154 e. The lowest BCUT2D eigenvalue weighted by Gasteiger charge is -2.03. The monoisotopic (exact) mass is 214 g/mol. The highest BCUT2D eigenvalue weighted by Gasteiger charge is 2.06. The molecule has 1 N–H and O–H groups in total. The molecule has 0 unspecified atom stereocenters. The van der Waals surface area contributed by atoms with Gasteiger partial charge in [0.05, 0.1) is 5.56 Å². The number of benzene rings is 1. The van der Waals surface area contributed by atoms with E-state index in [1.54, 1.807) is 12.1 Å². The van der Waals surface area contributed by atoms with Gasteiger partial charge < -0.3 is 5.11 Å². The molecule has 0 bridgehead atoms. The van der Waals surface area contributed by atoms with Crippen LogP contribution >= 0.6 is 11.8 Å². The lowest BCUT2D eigenvalue weighted by molar-refractivity contribution is 0.111. The Bertz CT molecular complexity index is 315. The number of thioether (sulfide) groups is 1. The molecule has 1 rings (SSSR count). The molecule has 4 heteroatoms. The fourth-order valence-corrected chi connectivity index (χ4v) is 1.97. The van der Waals surface area contributed by atoms with Gasteiger partial charge >= 0.3 is 0 Å². The van der Waals surface area contributed by atoms with Crippen LogP contribution < -0.4 is 0 Å². The molecular weight excluding hydrogens is 203 g/mol. The Hall–Kier alpha value is -0.870. The average Bonchev–Trinajstić information content (AvgIpc) is 2.18.